The highest BCUT2D eigenvalue weighted by atomic mass is 16.5. The van der Waals surface area contributed by atoms with Gasteiger partial charge in [0.15, 0.2) is 0 Å². The number of aromatic nitrogens is 1. The molecule has 1 saturated heterocycles. The average Bonchev–Trinajstić information content (AvgIpc) is 2.81. The molecule has 1 fully saturated rings. The molecule has 2 heterocycles. The van der Waals surface area contributed by atoms with Gasteiger partial charge in [-0.25, -0.2) is 0 Å². The number of ether oxygens (including phenoxy) is 1. The molecule has 1 atom stereocenters. The number of aryl methyl sites for hydroxylation is 1. The first-order valence-corrected chi connectivity index (χ1v) is 5.52. The van der Waals surface area contributed by atoms with Gasteiger partial charge in [0, 0.05) is 12.1 Å². The second-order valence-electron chi connectivity index (χ2n) is 4.02. The van der Waals surface area contributed by atoms with Crippen LogP contribution >= 0.6 is 0 Å². The molecule has 16 heavy (non-hydrogen) atoms. The van der Waals surface area contributed by atoms with Crippen molar-refractivity contribution in [1.29, 1.82) is 5.26 Å². The second-order valence-corrected chi connectivity index (χ2v) is 4.02. The minimum Gasteiger partial charge on any atom is -0.490 e. The summed E-state index contributed by atoms with van der Waals surface area (Å²) in [5.74, 6) is 0.677. The van der Waals surface area contributed by atoms with Crippen LogP contribution < -0.4 is 10.1 Å². The van der Waals surface area contributed by atoms with Gasteiger partial charge in [0.2, 0.25) is 0 Å². The third kappa shape index (κ3) is 2.50. The molecule has 0 saturated carbocycles. The predicted molar refractivity (Wildman–Crippen MR) is 60.2 cm³/mol. The number of hydrogen-bond donors (Lipinski definition) is 1. The summed E-state index contributed by atoms with van der Waals surface area (Å²) < 4.78 is 5.61. The summed E-state index contributed by atoms with van der Waals surface area (Å²) in [6, 6.07) is 4.29. The standard InChI is InChI=1S/C12H15N3O/c1-9-10(6-13)5-12(7-15-9)16-8-11-3-2-4-14-11/h5,7,11,14H,2-4,8H2,1H3. The number of nitrogens with one attached hydrogen (secondary N) is 1. The summed E-state index contributed by atoms with van der Waals surface area (Å²) in [5.41, 5.74) is 1.32. The highest BCUT2D eigenvalue weighted by Gasteiger charge is 2.14. The molecule has 0 amide bonds. The highest BCUT2D eigenvalue weighted by Crippen LogP contribution is 2.15. The van der Waals surface area contributed by atoms with Crippen molar-refractivity contribution in [3.05, 3.63) is 23.5 Å². The predicted octanol–water partition coefficient (Wildman–Crippen LogP) is 1.39. The zero-order chi connectivity index (χ0) is 11.4. The molecule has 1 aliphatic heterocycles. The summed E-state index contributed by atoms with van der Waals surface area (Å²) in [6.45, 7) is 3.54. The smallest absolute Gasteiger partial charge is 0.139 e. The van der Waals surface area contributed by atoms with Gasteiger partial charge < -0.3 is 10.1 Å². The molecule has 4 heteroatoms. The molecule has 0 bridgehead atoms. The Hall–Kier alpha value is -1.60. The number of pyridine rings is 1. The van der Waals surface area contributed by atoms with Gasteiger partial charge >= 0.3 is 0 Å². The fraction of sp³-hybridized carbons (Fsp3) is 0.500. The van der Waals surface area contributed by atoms with Gasteiger partial charge in [0.05, 0.1) is 17.5 Å². The van der Waals surface area contributed by atoms with E-state index in [0.29, 0.717) is 24.0 Å². The number of nitrogens with zero attached hydrogens (tertiary/aromatic N) is 2. The number of rotatable bonds is 3. The van der Waals surface area contributed by atoms with Crippen LogP contribution in [-0.2, 0) is 0 Å². The van der Waals surface area contributed by atoms with Crippen LogP contribution in [0.4, 0.5) is 0 Å². The normalized spacial score (nSPS) is 19.4. The molecular weight excluding hydrogens is 202 g/mol. The van der Waals surface area contributed by atoms with Crippen molar-refractivity contribution < 1.29 is 4.74 Å². The lowest BCUT2D eigenvalue weighted by Crippen LogP contribution is -2.28. The maximum atomic E-state index is 8.86. The minimum absolute atomic E-state index is 0.437. The van der Waals surface area contributed by atoms with E-state index in [1.54, 1.807) is 12.3 Å². The van der Waals surface area contributed by atoms with Crippen LogP contribution in [0.1, 0.15) is 24.1 Å². The zero-order valence-electron chi connectivity index (χ0n) is 9.36. The van der Waals surface area contributed by atoms with E-state index in [9.17, 15) is 0 Å². The van der Waals surface area contributed by atoms with Gasteiger partial charge in [-0.3, -0.25) is 4.98 Å². The summed E-state index contributed by atoms with van der Waals surface area (Å²) in [6.07, 6.45) is 4.04. The van der Waals surface area contributed by atoms with Gasteiger partial charge in [-0.05, 0) is 26.3 Å². The molecule has 0 radical (unpaired) electrons. The van der Waals surface area contributed by atoms with Crippen LogP contribution in [0.2, 0.25) is 0 Å². The van der Waals surface area contributed by atoms with Crippen LogP contribution in [0.5, 0.6) is 5.75 Å². The molecule has 1 aromatic rings. The average molecular weight is 217 g/mol. The quantitative estimate of drug-likeness (QED) is 0.831. The van der Waals surface area contributed by atoms with E-state index >= 15 is 0 Å². The molecular formula is C12H15N3O. The van der Waals surface area contributed by atoms with Crippen LogP contribution in [0.3, 0.4) is 0 Å². The first-order valence-electron chi connectivity index (χ1n) is 5.52. The van der Waals surface area contributed by atoms with Crippen molar-refractivity contribution in [2.24, 2.45) is 0 Å². The van der Waals surface area contributed by atoms with Crippen molar-refractivity contribution in [2.45, 2.75) is 25.8 Å². The van der Waals surface area contributed by atoms with Crippen LogP contribution in [0, 0.1) is 18.3 Å². The lowest BCUT2D eigenvalue weighted by Gasteiger charge is -2.12. The van der Waals surface area contributed by atoms with Gasteiger partial charge in [-0.2, -0.15) is 5.26 Å². The number of hydrogen-bond acceptors (Lipinski definition) is 4. The van der Waals surface area contributed by atoms with Crippen LogP contribution in [-0.4, -0.2) is 24.2 Å². The van der Waals surface area contributed by atoms with Crippen molar-refractivity contribution in [1.82, 2.24) is 10.3 Å². The van der Waals surface area contributed by atoms with Crippen molar-refractivity contribution in [2.75, 3.05) is 13.2 Å². The van der Waals surface area contributed by atoms with Crippen molar-refractivity contribution >= 4 is 0 Å². The Morgan fingerprint density at radius 3 is 3.25 bits per heavy atom. The molecule has 1 aliphatic rings. The largest absolute Gasteiger partial charge is 0.490 e. The first-order chi connectivity index (χ1) is 7.79. The lowest BCUT2D eigenvalue weighted by atomic mass is 10.2. The fourth-order valence-electron chi connectivity index (χ4n) is 1.80. The Balaban J connectivity index is 1.96. The summed E-state index contributed by atoms with van der Waals surface area (Å²) in [4.78, 5) is 4.13. The summed E-state index contributed by atoms with van der Waals surface area (Å²) >= 11 is 0. The van der Waals surface area contributed by atoms with Crippen molar-refractivity contribution in [3.8, 4) is 11.8 Å². The zero-order valence-corrected chi connectivity index (χ0v) is 9.36. The Morgan fingerprint density at radius 2 is 2.56 bits per heavy atom. The minimum atomic E-state index is 0.437. The molecule has 0 aromatic carbocycles. The molecule has 1 aromatic heterocycles. The second kappa shape index (κ2) is 4.95. The maximum absolute atomic E-state index is 8.86. The molecule has 1 N–H and O–H groups in total. The third-order valence-corrected chi connectivity index (χ3v) is 2.80. The molecule has 1 unspecified atom stereocenters. The monoisotopic (exact) mass is 217 g/mol. The topological polar surface area (TPSA) is 57.9 Å². The molecule has 0 aliphatic carbocycles. The van der Waals surface area contributed by atoms with E-state index in [-0.39, 0.29) is 0 Å². The molecule has 84 valence electrons. The molecule has 0 spiro atoms. The number of nitriles is 1. The van der Waals surface area contributed by atoms with E-state index in [4.69, 9.17) is 10.00 Å². The summed E-state index contributed by atoms with van der Waals surface area (Å²) in [7, 11) is 0. The Morgan fingerprint density at radius 1 is 1.69 bits per heavy atom. The summed E-state index contributed by atoms with van der Waals surface area (Å²) in [5, 5.41) is 12.2. The SMILES string of the molecule is Cc1ncc(OCC2CCCN2)cc1C#N. The van der Waals surface area contributed by atoms with E-state index in [2.05, 4.69) is 16.4 Å². The maximum Gasteiger partial charge on any atom is 0.139 e. The Labute approximate surface area is 95.3 Å². The van der Waals surface area contributed by atoms with E-state index < -0.39 is 0 Å². The first kappa shape index (κ1) is 10.9. The molecule has 2 rings (SSSR count). The van der Waals surface area contributed by atoms with E-state index in [1.807, 2.05) is 6.92 Å². The van der Waals surface area contributed by atoms with Crippen LogP contribution in [0.15, 0.2) is 12.3 Å². The Bertz CT molecular complexity index is 405. The van der Waals surface area contributed by atoms with Gasteiger partial charge in [0.1, 0.15) is 18.4 Å². The molecule has 4 nitrogen and oxygen atoms in total. The van der Waals surface area contributed by atoms with Crippen LogP contribution in [0.25, 0.3) is 0 Å². The van der Waals surface area contributed by atoms with E-state index in [1.165, 1.54) is 6.42 Å². The van der Waals surface area contributed by atoms with Gasteiger partial charge in [-0.1, -0.05) is 0 Å². The van der Waals surface area contributed by atoms with Crippen molar-refractivity contribution in [3.63, 3.8) is 0 Å². The van der Waals surface area contributed by atoms with E-state index in [0.717, 1.165) is 18.7 Å². The Kier molecular flexibility index (Phi) is 3.37. The van der Waals surface area contributed by atoms with Gasteiger partial charge in [0.25, 0.3) is 0 Å². The lowest BCUT2D eigenvalue weighted by molar-refractivity contribution is 0.276. The highest BCUT2D eigenvalue weighted by molar-refractivity contribution is 5.37. The third-order valence-electron chi connectivity index (χ3n) is 2.80. The van der Waals surface area contributed by atoms with Gasteiger partial charge in [-0.15, -0.1) is 0 Å². The fourth-order valence-corrected chi connectivity index (χ4v) is 1.80.